The smallest absolute Gasteiger partial charge is 0.317 e. The molecule has 0 radical (unpaired) electrons. The number of nitrogens with zero attached hydrogens (tertiary/aromatic N) is 1. The predicted molar refractivity (Wildman–Crippen MR) is 78.7 cm³/mol. The van der Waals surface area contributed by atoms with Crippen LogP contribution in [0.25, 0.3) is 0 Å². The summed E-state index contributed by atoms with van der Waals surface area (Å²) in [5.41, 5.74) is 0. The van der Waals surface area contributed by atoms with Crippen LogP contribution in [-0.4, -0.2) is 41.1 Å². The van der Waals surface area contributed by atoms with Crippen LogP contribution in [0.1, 0.15) is 58.8 Å². The van der Waals surface area contributed by atoms with Crippen LogP contribution in [0.3, 0.4) is 0 Å². The first kappa shape index (κ1) is 16.8. The van der Waals surface area contributed by atoms with E-state index in [1.54, 1.807) is 0 Å². The number of rotatable bonds is 8. The Labute approximate surface area is 121 Å². The molecule has 1 aliphatic rings. The van der Waals surface area contributed by atoms with Gasteiger partial charge in [-0.3, -0.25) is 4.79 Å². The van der Waals surface area contributed by atoms with Crippen molar-refractivity contribution in [2.45, 2.75) is 64.8 Å². The van der Waals surface area contributed by atoms with E-state index in [2.05, 4.69) is 19.2 Å². The Morgan fingerprint density at radius 1 is 1.30 bits per heavy atom. The van der Waals surface area contributed by atoms with Crippen molar-refractivity contribution in [2.24, 2.45) is 5.92 Å². The van der Waals surface area contributed by atoms with Crippen molar-refractivity contribution in [3.05, 3.63) is 0 Å². The molecule has 0 atom stereocenters. The molecule has 1 aliphatic carbocycles. The molecule has 20 heavy (non-hydrogen) atoms. The molecular formula is C15H28N2O3. The van der Waals surface area contributed by atoms with Crippen molar-refractivity contribution in [3.63, 3.8) is 0 Å². The summed E-state index contributed by atoms with van der Waals surface area (Å²) < 4.78 is 0. The van der Waals surface area contributed by atoms with Gasteiger partial charge < -0.3 is 15.3 Å². The molecule has 1 saturated carbocycles. The summed E-state index contributed by atoms with van der Waals surface area (Å²) in [7, 11) is 0. The Morgan fingerprint density at radius 2 is 1.95 bits per heavy atom. The molecule has 0 bridgehead atoms. The second-order valence-corrected chi connectivity index (χ2v) is 6.04. The molecule has 0 aromatic rings. The average molecular weight is 284 g/mol. The topological polar surface area (TPSA) is 69.6 Å². The number of carbonyl (C=O) groups excluding carboxylic acids is 1. The molecule has 116 valence electrons. The van der Waals surface area contributed by atoms with Crippen molar-refractivity contribution in [1.29, 1.82) is 0 Å². The molecule has 0 aliphatic heterocycles. The van der Waals surface area contributed by atoms with Crippen molar-refractivity contribution in [2.75, 3.05) is 13.1 Å². The Balaban J connectivity index is 2.40. The van der Waals surface area contributed by atoms with E-state index in [1.807, 2.05) is 4.90 Å². The summed E-state index contributed by atoms with van der Waals surface area (Å²) in [5.74, 6) is -0.231. The fourth-order valence-corrected chi connectivity index (χ4v) is 2.60. The van der Waals surface area contributed by atoms with Gasteiger partial charge in [-0.2, -0.15) is 0 Å². The second-order valence-electron chi connectivity index (χ2n) is 6.04. The number of carbonyl (C=O) groups is 2. The van der Waals surface area contributed by atoms with Gasteiger partial charge in [0.25, 0.3) is 0 Å². The molecule has 0 aromatic heterocycles. The molecule has 5 heteroatoms. The fraction of sp³-hybridized carbons (Fsp3) is 0.867. The van der Waals surface area contributed by atoms with Crippen LogP contribution in [0.4, 0.5) is 4.79 Å². The van der Waals surface area contributed by atoms with Gasteiger partial charge in [0.2, 0.25) is 0 Å². The van der Waals surface area contributed by atoms with E-state index in [1.165, 1.54) is 12.8 Å². The van der Waals surface area contributed by atoms with Crippen LogP contribution in [0.5, 0.6) is 0 Å². The van der Waals surface area contributed by atoms with E-state index in [9.17, 15) is 9.59 Å². The maximum absolute atomic E-state index is 12.3. The molecule has 5 nitrogen and oxygen atoms in total. The normalized spacial score (nSPS) is 15.6. The molecule has 2 amide bonds. The third-order valence-electron chi connectivity index (χ3n) is 3.82. The number of nitrogens with one attached hydrogen (secondary N) is 1. The number of hydrogen-bond donors (Lipinski definition) is 2. The number of aliphatic carboxylic acids is 1. The minimum Gasteiger partial charge on any atom is -0.481 e. The highest BCUT2D eigenvalue weighted by atomic mass is 16.4. The molecule has 1 fully saturated rings. The third-order valence-corrected chi connectivity index (χ3v) is 3.82. The molecule has 2 N–H and O–H groups in total. The Kier molecular flexibility index (Phi) is 7.41. The molecule has 0 unspecified atom stereocenters. The Morgan fingerprint density at radius 3 is 2.50 bits per heavy atom. The van der Waals surface area contributed by atoms with Crippen molar-refractivity contribution < 1.29 is 14.7 Å². The lowest BCUT2D eigenvalue weighted by molar-refractivity contribution is -0.137. The first-order chi connectivity index (χ1) is 9.50. The lowest BCUT2D eigenvalue weighted by Gasteiger charge is -2.29. The van der Waals surface area contributed by atoms with Crippen LogP contribution in [0.2, 0.25) is 0 Å². The van der Waals surface area contributed by atoms with E-state index in [-0.39, 0.29) is 12.5 Å². The summed E-state index contributed by atoms with van der Waals surface area (Å²) in [4.78, 5) is 24.7. The van der Waals surface area contributed by atoms with Crippen LogP contribution in [-0.2, 0) is 4.79 Å². The molecular weight excluding hydrogens is 256 g/mol. The van der Waals surface area contributed by atoms with Crippen LogP contribution in [0.15, 0.2) is 0 Å². The molecule has 0 aromatic carbocycles. The van der Waals surface area contributed by atoms with Gasteiger partial charge in [-0.25, -0.2) is 4.79 Å². The van der Waals surface area contributed by atoms with Crippen molar-refractivity contribution in [3.8, 4) is 0 Å². The van der Waals surface area contributed by atoms with E-state index in [0.29, 0.717) is 24.9 Å². The van der Waals surface area contributed by atoms with E-state index >= 15 is 0 Å². The number of carboxylic acids is 1. The molecule has 0 saturated heterocycles. The molecule has 0 heterocycles. The quantitative estimate of drug-likeness (QED) is 0.673. The third kappa shape index (κ3) is 6.26. The monoisotopic (exact) mass is 284 g/mol. The highest BCUT2D eigenvalue weighted by Gasteiger charge is 2.26. The molecule has 0 spiro atoms. The van der Waals surface area contributed by atoms with Gasteiger partial charge in [-0.05, 0) is 31.6 Å². The highest BCUT2D eigenvalue weighted by Crippen LogP contribution is 2.24. The van der Waals surface area contributed by atoms with Crippen LogP contribution in [0, 0.1) is 5.92 Å². The number of amides is 2. The lowest BCUT2D eigenvalue weighted by atomic mass is 10.1. The second kappa shape index (κ2) is 8.82. The summed E-state index contributed by atoms with van der Waals surface area (Å²) in [6.07, 6.45) is 6.21. The maximum Gasteiger partial charge on any atom is 0.317 e. The number of urea groups is 1. The Hall–Kier alpha value is -1.26. The standard InChI is InChI=1S/C15H28N2O3/c1-12(2)9-11-17(13-6-3-4-7-13)15(20)16-10-5-8-14(18)19/h12-13H,3-11H2,1-2H3,(H,16,20)(H,18,19). The summed E-state index contributed by atoms with van der Waals surface area (Å²) in [5, 5.41) is 11.4. The van der Waals surface area contributed by atoms with Gasteiger partial charge in [0.15, 0.2) is 0 Å². The van der Waals surface area contributed by atoms with E-state index in [0.717, 1.165) is 25.8 Å². The van der Waals surface area contributed by atoms with E-state index in [4.69, 9.17) is 5.11 Å². The van der Waals surface area contributed by atoms with Gasteiger partial charge in [-0.1, -0.05) is 26.7 Å². The highest BCUT2D eigenvalue weighted by molar-refractivity contribution is 5.74. The minimum absolute atomic E-state index is 0.0251. The average Bonchev–Trinajstić information content (AvgIpc) is 2.88. The minimum atomic E-state index is -0.813. The predicted octanol–water partition coefficient (Wildman–Crippen LogP) is 2.85. The first-order valence-corrected chi connectivity index (χ1v) is 7.77. The van der Waals surface area contributed by atoms with Crippen LogP contribution >= 0.6 is 0 Å². The van der Waals surface area contributed by atoms with Gasteiger partial charge in [-0.15, -0.1) is 0 Å². The van der Waals surface area contributed by atoms with Gasteiger partial charge in [0.1, 0.15) is 0 Å². The lowest BCUT2D eigenvalue weighted by Crippen LogP contribution is -2.46. The zero-order valence-electron chi connectivity index (χ0n) is 12.7. The zero-order valence-corrected chi connectivity index (χ0v) is 12.7. The van der Waals surface area contributed by atoms with Crippen LogP contribution < -0.4 is 5.32 Å². The fourth-order valence-electron chi connectivity index (χ4n) is 2.60. The van der Waals surface area contributed by atoms with Gasteiger partial charge in [0, 0.05) is 25.6 Å². The number of carboxylic acid groups (broad SMARTS) is 1. The summed E-state index contributed by atoms with van der Waals surface area (Å²) in [6.45, 7) is 5.57. The van der Waals surface area contributed by atoms with Crippen molar-refractivity contribution >= 4 is 12.0 Å². The Bertz CT molecular complexity index is 312. The molecule has 1 rings (SSSR count). The van der Waals surface area contributed by atoms with Gasteiger partial charge >= 0.3 is 12.0 Å². The summed E-state index contributed by atoms with van der Waals surface area (Å²) in [6, 6.07) is 0.344. The van der Waals surface area contributed by atoms with Gasteiger partial charge in [0.05, 0.1) is 0 Å². The van der Waals surface area contributed by atoms with E-state index < -0.39 is 5.97 Å². The number of hydrogen-bond acceptors (Lipinski definition) is 2. The first-order valence-electron chi connectivity index (χ1n) is 7.77. The van der Waals surface area contributed by atoms with Crippen molar-refractivity contribution in [1.82, 2.24) is 10.2 Å². The largest absolute Gasteiger partial charge is 0.481 e. The summed E-state index contributed by atoms with van der Waals surface area (Å²) >= 11 is 0. The zero-order chi connectivity index (χ0) is 15.0. The SMILES string of the molecule is CC(C)CCN(C(=O)NCCCC(=O)O)C1CCCC1. The maximum atomic E-state index is 12.3.